The van der Waals surface area contributed by atoms with Crippen molar-refractivity contribution < 1.29 is 28.2 Å². The minimum Gasteiger partial charge on any atom is -0.377 e. The Hall–Kier alpha value is -0.240. The van der Waals surface area contributed by atoms with Crippen molar-refractivity contribution in [1.82, 2.24) is 0 Å². The highest BCUT2D eigenvalue weighted by molar-refractivity contribution is 4.66. The van der Waals surface area contributed by atoms with Crippen LogP contribution in [0, 0.1) is 0 Å². The zero-order chi connectivity index (χ0) is 14.7. The second-order valence-corrected chi connectivity index (χ2v) is 5.88. The summed E-state index contributed by atoms with van der Waals surface area (Å²) in [6, 6.07) is 0. The van der Waals surface area contributed by atoms with Crippen LogP contribution in [0.3, 0.4) is 0 Å². The number of ether oxygens (including phenoxy) is 5. The van der Waals surface area contributed by atoms with E-state index in [1.165, 1.54) is 0 Å². The van der Waals surface area contributed by atoms with Crippen LogP contribution in [0.4, 0.5) is 0 Å². The normalized spacial score (nSPS) is 18.4. The predicted octanol–water partition coefficient (Wildman–Crippen LogP) is 0.158. The summed E-state index contributed by atoms with van der Waals surface area (Å²) in [6.45, 7) is 6.99. The summed E-state index contributed by atoms with van der Waals surface area (Å²) < 4.78 is 27.6. The quantitative estimate of drug-likeness (QED) is 0.259. The topological polar surface area (TPSA) is 49.5 Å². The maximum absolute atomic E-state index is 5.48. The van der Waals surface area contributed by atoms with Crippen molar-refractivity contribution in [3.63, 3.8) is 0 Å². The molecule has 20 heavy (non-hydrogen) atoms. The fourth-order valence-electron chi connectivity index (χ4n) is 1.38. The summed E-state index contributed by atoms with van der Waals surface area (Å²) in [5, 5.41) is 0. The Labute approximate surface area is 122 Å². The maximum Gasteiger partial charge on any atom is 0.104 e. The third-order valence-electron chi connectivity index (χ3n) is 2.73. The van der Waals surface area contributed by atoms with Crippen LogP contribution in [0.2, 0.25) is 0 Å². The zero-order valence-corrected chi connectivity index (χ0v) is 13.1. The fraction of sp³-hybridized carbons (Fsp3) is 1.00. The molecule has 0 radical (unpaired) electrons. The summed E-state index contributed by atoms with van der Waals surface area (Å²) in [5.74, 6) is 0. The molecule has 0 N–H and O–H groups in total. The fourth-order valence-corrected chi connectivity index (χ4v) is 1.38. The molecule has 0 saturated carbocycles. The van der Waals surface area contributed by atoms with Gasteiger partial charge in [-0.25, -0.2) is 0 Å². The summed E-state index contributed by atoms with van der Waals surface area (Å²) in [7, 11) is 6.45. The van der Waals surface area contributed by atoms with Crippen LogP contribution in [0.15, 0.2) is 0 Å². The van der Waals surface area contributed by atoms with E-state index in [-0.39, 0.29) is 0 Å². The number of hydrogen-bond donors (Lipinski definition) is 0. The number of rotatable bonds is 14. The summed E-state index contributed by atoms with van der Waals surface area (Å²) in [6.07, 6.45) is 0.329. The van der Waals surface area contributed by atoms with E-state index < -0.39 is 0 Å². The monoisotopic (exact) mass is 292 g/mol. The van der Waals surface area contributed by atoms with Crippen LogP contribution < -0.4 is 0 Å². The highest BCUT2D eigenvalue weighted by Crippen LogP contribution is 2.07. The highest BCUT2D eigenvalue weighted by Gasteiger charge is 2.21. The molecule has 0 spiro atoms. The van der Waals surface area contributed by atoms with Gasteiger partial charge >= 0.3 is 0 Å². The number of quaternary nitrogens is 1. The zero-order valence-electron chi connectivity index (χ0n) is 13.1. The van der Waals surface area contributed by atoms with Crippen LogP contribution in [0.1, 0.15) is 0 Å². The number of nitrogens with zero attached hydrogens (tertiary/aromatic N) is 1. The van der Waals surface area contributed by atoms with Gasteiger partial charge in [0.2, 0.25) is 0 Å². The summed E-state index contributed by atoms with van der Waals surface area (Å²) >= 11 is 0. The van der Waals surface area contributed by atoms with Crippen molar-refractivity contribution in [2.75, 3.05) is 87.1 Å². The number of hydrogen-bond acceptors (Lipinski definition) is 5. The first kappa shape index (κ1) is 17.8. The second-order valence-electron chi connectivity index (χ2n) is 5.88. The molecule has 1 saturated heterocycles. The molecular formula is C14H30NO5+. The first-order chi connectivity index (χ1) is 9.58. The molecule has 0 aromatic heterocycles. The van der Waals surface area contributed by atoms with E-state index in [1.54, 1.807) is 0 Å². The van der Waals surface area contributed by atoms with Crippen LogP contribution in [-0.4, -0.2) is 97.7 Å². The first-order valence-electron chi connectivity index (χ1n) is 7.31. The molecule has 0 aliphatic carbocycles. The Balaban J connectivity index is 1.65. The van der Waals surface area contributed by atoms with Gasteiger partial charge in [-0.3, -0.25) is 0 Å². The van der Waals surface area contributed by atoms with Gasteiger partial charge in [0.05, 0.1) is 80.6 Å². The molecule has 0 bridgehead atoms. The Bertz CT molecular complexity index is 228. The Kier molecular flexibility index (Phi) is 9.33. The molecule has 120 valence electrons. The van der Waals surface area contributed by atoms with Gasteiger partial charge in [-0.05, 0) is 0 Å². The molecule has 1 fully saturated rings. The summed E-state index contributed by atoms with van der Waals surface area (Å²) in [4.78, 5) is 0. The number of likely N-dealkylation sites (N-methyl/N-ethyl adjacent to an activating group) is 1. The van der Waals surface area contributed by atoms with Crippen molar-refractivity contribution >= 4 is 0 Å². The van der Waals surface area contributed by atoms with Gasteiger partial charge in [-0.15, -0.1) is 0 Å². The van der Waals surface area contributed by atoms with Gasteiger partial charge in [0.1, 0.15) is 12.6 Å². The predicted molar refractivity (Wildman–Crippen MR) is 75.9 cm³/mol. The number of epoxide rings is 1. The highest BCUT2D eigenvalue weighted by atomic mass is 16.6. The summed E-state index contributed by atoms with van der Waals surface area (Å²) in [5.41, 5.74) is 0. The van der Waals surface area contributed by atoms with Crippen molar-refractivity contribution in [2.45, 2.75) is 6.10 Å². The molecule has 1 heterocycles. The van der Waals surface area contributed by atoms with Crippen molar-refractivity contribution in [1.29, 1.82) is 0 Å². The lowest BCUT2D eigenvalue weighted by molar-refractivity contribution is -0.870. The van der Waals surface area contributed by atoms with E-state index in [0.717, 1.165) is 24.2 Å². The first-order valence-corrected chi connectivity index (χ1v) is 7.31. The van der Waals surface area contributed by atoms with E-state index >= 15 is 0 Å². The maximum atomic E-state index is 5.48. The van der Waals surface area contributed by atoms with Crippen LogP contribution in [-0.2, 0) is 23.7 Å². The Morgan fingerprint density at radius 3 is 1.70 bits per heavy atom. The molecule has 1 aliphatic heterocycles. The van der Waals surface area contributed by atoms with E-state index in [1.807, 2.05) is 0 Å². The van der Waals surface area contributed by atoms with Crippen LogP contribution >= 0.6 is 0 Å². The van der Waals surface area contributed by atoms with Crippen molar-refractivity contribution in [3.8, 4) is 0 Å². The average molecular weight is 292 g/mol. The molecule has 6 heteroatoms. The van der Waals surface area contributed by atoms with Crippen molar-refractivity contribution in [2.24, 2.45) is 0 Å². The molecular weight excluding hydrogens is 262 g/mol. The molecule has 6 nitrogen and oxygen atoms in total. The van der Waals surface area contributed by atoms with Crippen molar-refractivity contribution in [3.05, 3.63) is 0 Å². The van der Waals surface area contributed by atoms with Gasteiger partial charge in [0, 0.05) is 0 Å². The van der Waals surface area contributed by atoms with Gasteiger partial charge < -0.3 is 28.2 Å². The molecule has 1 rings (SSSR count). The molecule has 1 atom stereocenters. The van der Waals surface area contributed by atoms with E-state index in [0.29, 0.717) is 52.4 Å². The lowest BCUT2D eigenvalue weighted by Gasteiger charge is -2.23. The van der Waals surface area contributed by atoms with Gasteiger partial charge in [0.25, 0.3) is 0 Å². The Morgan fingerprint density at radius 2 is 1.25 bits per heavy atom. The molecule has 1 unspecified atom stereocenters. The standard InChI is InChI=1S/C14H30NO5/c1-15(2,3)4-5-16-6-7-17-8-9-18-10-11-19-12-14-13-20-14/h14H,4-13H2,1-3H3/q+1. The minimum absolute atomic E-state index is 0.329. The van der Waals surface area contributed by atoms with Gasteiger partial charge in [0.15, 0.2) is 0 Å². The van der Waals surface area contributed by atoms with Crippen LogP contribution in [0.5, 0.6) is 0 Å². The Morgan fingerprint density at radius 1 is 0.800 bits per heavy atom. The van der Waals surface area contributed by atoms with Gasteiger partial charge in [-0.2, -0.15) is 0 Å². The van der Waals surface area contributed by atoms with E-state index in [2.05, 4.69) is 21.1 Å². The van der Waals surface area contributed by atoms with E-state index in [9.17, 15) is 0 Å². The SMILES string of the molecule is C[N+](C)(C)CCOCCOCCOCCOCC1CO1. The second kappa shape index (κ2) is 10.5. The minimum atomic E-state index is 0.329. The lowest BCUT2D eigenvalue weighted by Crippen LogP contribution is -2.37. The molecule has 0 amide bonds. The third kappa shape index (κ3) is 12.8. The lowest BCUT2D eigenvalue weighted by atomic mass is 10.5. The van der Waals surface area contributed by atoms with E-state index in [4.69, 9.17) is 23.7 Å². The largest absolute Gasteiger partial charge is 0.377 e. The smallest absolute Gasteiger partial charge is 0.104 e. The molecule has 1 aliphatic rings. The van der Waals surface area contributed by atoms with Crippen LogP contribution in [0.25, 0.3) is 0 Å². The molecule has 0 aromatic carbocycles. The third-order valence-corrected chi connectivity index (χ3v) is 2.73. The van der Waals surface area contributed by atoms with Gasteiger partial charge in [-0.1, -0.05) is 0 Å². The average Bonchev–Trinajstić information content (AvgIpc) is 3.17. The molecule has 0 aromatic rings.